The van der Waals surface area contributed by atoms with Crippen molar-refractivity contribution in [2.75, 3.05) is 13.1 Å². The maximum Gasteiger partial charge on any atom is 0.256 e. The number of carbonyl (C=O) groups excluding carboxylic acids is 2. The van der Waals surface area contributed by atoms with Crippen molar-refractivity contribution < 1.29 is 9.59 Å². The highest BCUT2D eigenvalue weighted by Crippen LogP contribution is 2.23. The summed E-state index contributed by atoms with van der Waals surface area (Å²) in [5.74, 6) is -0.00359. The van der Waals surface area contributed by atoms with Crippen molar-refractivity contribution in [3.63, 3.8) is 0 Å². The van der Waals surface area contributed by atoms with Crippen LogP contribution < -0.4 is 0 Å². The zero-order chi connectivity index (χ0) is 15.4. The molecule has 112 valence electrons. The van der Waals surface area contributed by atoms with Crippen molar-refractivity contribution in [2.24, 2.45) is 4.99 Å². The van der Waals surface area contributed by atoms with E-state index in [-0.39, 0.29) is 11.7 Å². The number of hydrogen-bond acceptors (Lipinski definition) is 3. The molecule has 4 heteroatoms. The fourth-order valence-electron chi connectivity index (χ4n) is 2.68. The molecular formula is C18H18N2O2. The third-order valence-electron chi connectivity index (χ3n) is 3.86. The van der Waals surface area contributed by atoms with Gasteiger partial charge in [0, 0.05) is 13.1 Å². The Morgan fingerprint density at radius 1 is 0.955 bits per heavy atom. The molecule has 1 saturated heterocycles. The molecular weight excluding hydrogens is 276 g/mol. The lowest BCUT2D eigenvalue weighted by Gasteiger charge is -2.27. The normalized spacial score (nSPS) is 17.7. The lowest BCUT2D eigenvalue weighted by atomic mass is 10.1. The first kappa shape index (κ1) is 14.4. The molecule has 0 N–H and O–H groups in total. The van der Waals surface area contributed by atoms with Gasteiger partial charge in [-0.1, -0.05) is 12.1 Å². The van der Waals surface area contributed by atoms with Crippen LogP contribution in [0.5, 0.6) is 0 Å². The summed E-state index contributed by atoms with van der Waals surface area (Å²) < 4.78 is 0. The average molecular weight is 294 g/mol. The van der Waals surface area contributed by atoms with E-state index in [2.05, 4.69) is 4.99 Å². The van der Waals surface area contributed by atoms with Gasteiger partial charge in [0.2, 0.25) is 0 Å². The molecule has 1 aromatic rings. The van der Waals surface area contributed by atoms with Crippen molar-refractivity contribution in [2.45, 2.75) is 19.3 Å². The molecule has 0 atom stereocenters. The van der Waals surface area contributed by atoms with E-state index in [0.29, 0.717) is 17.0 Å². The van der Waals surface area contributed by atoms with Gasteiger partial charge in [0.1, 0.15) is 0 Å². The van der Waals surface area contributed by atoms with E-state index in [1.807, 2.05) is 29.2 Å². The zero-order valence-corrected chi connectivity index (χ0v) is 12.4. The minimum absolute atomic E-state index is 0.0412. The number of ketones is 1. The van der Waals surface area contributed by atoms with E-state index >= 15 is 0 Å². The Morgan fingerprint density at radius 3 is 2.36 bits per heavy atom. The molecule has 3 rings (SSSR count). The summed E-state index contributed by atoms with van der Waals surface area (Å²) in [5.41, 5.74) is 1.95. The summed E-state index contributed by atoms with van der Waals surface area (Å²) in [4.78, 5) is 30.2. The molecule has 1 aliphatic heterocycles. The maximum absolute atomic E-state index is 12.7. The highest BCUT2D eigenvalue weighted by Gasteiger charge is 2.20. The van der Waals surface area contributed by atoms with Gasteiger partial charge in [-0.05, 0) is 55.7 Å². The molecule has 1 aliphatic carbocycles. The van der Waals surface area contributed by atoms with E-state index in [9.17, 15) is 9.59 Å². The summed E-state index contributed by atoms with van der Waals surface area (Å²) in [6.45, 7) is 1.64. The van der Waals surface area contributed by atoms with E-state index < -0.39 is 0 Å². The third kappa shape index (κ3) is 3.22. The lowest BCUT2D eigenvalue weighted by molar-refractivity contribution is -0.110. The first-order valence-electron chi connectivity index (χ1n) is 7.61. The summed E-state index contributed by atoms with van der Waals surface area (Å²) in [5, 5.41) is 0. The van der Waals surface area contributed by atoms with Gasteiger partial charge in [-0.25, -0.2) is 4.99 Å². The number of carbonyl (C=O) groups is 2. The summed E-state index contributed by atoms with van der Waals surface area (Å²) in [6, 6.07) is 7.38. The number of para-hydroxylation sites is 1. The molecule has 0 spiro atoms. The molecule has 1 aromatic carbocycles. The van der Waals surface area contributed by atoms with Gasteiger partial charge in [0.05, 0.1) is 17.0 Å². The predicted octanol–water partition coefficient (Wildman–Crippen LogP) is 3.08. The summed E-state index contributed by atoms with van der Waals surface area (Å²) in [7, 11) is 0. The Balaban J connectivity index is 1.88. The molecule has 22 heavy (non-hydrogen) atoms. The maximum atomic E-state index is 12.7. The van der Waals surface area contributed by atoms with Crippen LogP contribution in [0.15, 0.2) is 53.6 Å². The monoisotopic (exact) mass is 294 g/mol. The van der Waals surface area contributed by atoms with Crippen molar-refractivity contribution in [3.8, 4) is 0 Å². The van der Waals surface area contributed by atoms with Gasteiger partial charge in [-0.2, -0.15) is 0 Å². The second-order valence-electron chi connectivity index (χ2n) is 5.48. The predicted molar refractivity (Wildman–Crippen MR) is 86.6 cm³/mol. The Kier molecular flexibility index (Phi) is 4.28. The van der Waals surface area contributed by atoms with Crippen LogP contribution in [0.4, 0.5) is 5.69 Å². The molecule has 1 heterocycles. The number of nitrogens with zero attached hydrogens (tertiary/aromatic N) is 2. The van der Waals surface area contributed by atoms with Crippen LogP contribution >= 0.6 is 0 Å². The van der Waals surface area contributed by atoms with Gasteiger partial charge >= 0.3 is 0 Å². The first-order valence-corrected chi connectivity index (χ1v) is 7.61. The molecule has 0 bridgehead atoms. The topological polar surface area (TPSA) is 49.7 Å². The molecule has 2 aliphatic rings. The number of piperidine rings is 1. The summed E-state index contributed by atoms with van der Waals surface area (Å²) in [6.07, 6.45) is 9.63. The highest BCUT2D eigenvalue weighted by atomic mass is 16.2. The second kappa shape index (κ2) is 6.52. The number of hydrogen-bond donors (Lipinski definition) is 0. The lowest BCUT2D eigenvalue weighted by Crippen LogP contribution is -2.35. The Hall–Kier alpha value is -2.49. The minimum Gasteiger partial charge on any atom is -0.339 e. The van der Waals surface area contributed by atoms with E-state index in [0.717, 1.165) is 25.9 Å². The standard InChI is InChI=1S/C18H18N2O2/c21-15-10-8-14(9-11-15)19-17-7-3-2-6-16(17)18(22)20-12-4-1-5-13-20/h2-3,6-11H,1,4-5,12-13H2. The first-order chi connectivity index (χ1) is 10.7. The smallest absolute Gasteiger partial charge is 0.256 e. The number of allylic oxidation sites excluding steroid dienone is 4. The van der Waals surface area contributed by atoms with E-state index in [1.165, 1.54) is 18.6 Å². The molecule has 0 aromatic heterocycles. The second-order valence-corrected chi connectivity index (χ2v) is 5.48. The number of amides is 1. The Morgan fingerprint density at radius 2 is 1.64 bits per heavy atom. The number of rotatable bonds is 2. The zero-order valence-electron chi connectivity index (χ0n) is 12.4. The molecule has 1 amide bonds. The quantitative estimate of drug-likeness (QED) is 0.787. The largest absolute Gasteiger partial charge is 0.339 e. The van der Waals surface area contributed by atoms with Crippen LogP contribution in [-0.2, 0) is 4.79 Å². The van der Waals surface area contributed by atoms with Crippen molar-refractivity contribution >= 4 is 23.1 Å². The van der Waals surface area contributed by atoms with Crippen LogP contribution in [0.1, 0.15) is 29.6 Å². The van der Waals surface area contributed by atoms with E-state index in [4.69, 9.17) is 0 Å². The van der Waals surface area contributed by atoms with E-state index in [1.54, 1.807) is 12.2 Å². The van der Waals surface area contributed by atoms with Crippen molar-refractivity contribution in [3.05, 3.63) is 54.1 Å². The van der Waals surface area contributed by atoms with Crippen LogP contribution in [0.2, 0.25) is 0 Å². The number of aliphatic imine (C=N–C) groups is 1. The van der Waals surface area contributed by atoms with Gasteiger partial charge < -0.3 is 4.90 Å². The third-order valence-corrected chi connectivity index (χ3v) is 3.86. The fraction of sp³-hybridized carbons (Fsp3) is 0.278. The van der Waals surface area contributed by atoms with Crippen LogP contribution in [0.3, 0.4) is 0 Å². The SMILES string of the molecule is O=C1C=CC(=Nc2ccccc2C(=O)N2CCCCC2)C=C1. The number of likely N-dealkylation sites (tertiary alicyclic amines) is 1. The molecule has 0 radical (unpaired) electrons. The van der Waals surface area contributed by atoms with Crippen LogP contribution in [0, 0.1) is 0 Å². The van der Waals surface area contributed by atoms with Crippen LogP contribution in [0.25, 0.3) is 0 Å². The summed E-state index contributed by atoms with van der Waals surface area (Å²) >= 11 is 0. The van der Waals surface area contributed by atoms with Crippen molar-refractivity contribution in [1.82, 2.24) is 4.90 Å². The average Bonchev–Trinajstić information content (AvgIpc) is 2.58. The van der Waals surface area contributed by atoms with Gasteiger partial charge in [-0.3, -0.25) is 9.59 Å². The van der Waals surface area contributed by atoms with Crippen molar-refractivity contribution in [1.29, 1.82) is 0 Å². The van der Waals surface area contributed by atoms with Gasteiger partial charge in [-0.15, -0.1) is 0 Å². The number of benzene rings is 1. The highest BCUT2D eigenvalue weighted by molar-refractivity contribution is 6.17. The Bertz CT molecular complexity index is 662. The minimum atomic E-state index is -0.0448. The van der Waals surface area contributed by atoms with Gasteiger partial charge in [0.15, 0.2) is 5.78 Å². The molecule has 1 fully saturated rings. The molecule has 0 saturated carbocycles. The fourth-order valence-corrected chi connectivity index (χ4v) is 2.68. The molecule has 0 unspecified atom stereocenters. The van der Waals surface area contributed by atoms with Gasteiger partial charge in [0.25, 0.3) is 5.91 Å². The van der Waals surface area contributed by atoms with Crippen LogP contribution in [-0.4, -0.2) is 35.4 Å². The molecule has 4 nitrogen and oxygen atoms in total. The Labute approximate surface area is 129 Å².